The smallest absolute Gasteiger partial charge is 0.208 e. The first kappa shape index (κ1) is 16.0. The molecule has 0 bridgehead atoms. The van der Waals surface area contributed by atoms with E-state index in [-0.39, 0.29) is 16.0 Å². The number of aryl methyl sites for hydroxylation is 1. The van der Waals surface area contributed by atoms with Gasteiger partial charge < -0.3 is 0 Å². The quantitative estimate of drug-likeness (QED) is 0.882. The van der Waals surface area contributed by atoms with Gasteiger partial charge in [0.15, 0.2) is 0 Å². The number of hydrogen-bond acceptors (Lipinski definition) is 2. The highest BCUT2D eigenvalue weighted by Gasteiger charge is 2.19. The van der Waals surface area contributed by atoms with Crippen LogP contribution in [0.15, 0.2) is 59.5 Å². The largest absolute Gasteiger partial charge is 0.242 e. The lowest BCUT2D eigenvalue weighted by Crippen LogP contribution is -2.33. The van der Waals surface area contributed by atoms with E-state index < -0.39 is 10.0 Å². The second-order valence-corrected chi connectivity index (χ2v) is 7.07. The number of benzene rings is 2. The fourth-order valence-corrected chi connectivity index (χ4v) is 3.88. The predicted octanol–water partition coefficient (Wildman–Crippen LogP) is 3.64. The monoisotopic (exact) mass is 323 g/mol. The van der Waals surface area contributed by atoms with Crippen molar-refractivity contribution in [2.45, 2.75) is 30.7 Å². The van der Waals surface area contributed by atoms with E-state index in [1.54, 1.807) is 18.2 Å². The molecule has 0 radical (unpaired) electrons. The van der Waals surface area contributed by atoms with E-state index in [0.29, 0.717) is 0 Å². The minimum absolute atomic E-state index is 0.123. The summed E-state index contributed by atoms with van der Waals surface area (Å²) in [5, 5.41) is 0.236. The van der Waals surface area contributed by atoms with Crippen LogP contribution in [-0.4, -0.2) is 14.5 Å². The molecule has 0 heterocycles. The molecule has 0 aliphatic rings. The Balaban J connectivity index is 1.99. The lowest BCUT2D eigenvalue weighted by atomic mass is 10.1. The second-order valence-electron chi connectivity index (χ2n) is 4.98. The summed E-state index contributed by atoms with van der Waals surface area (Å²) < 4.78 is 27.2. The number of rotatable bonds is 6. The molecule has 0 fully saturated rings. The molecule has 112 valence electrons. The van der Waals surface area contributed by atoms with Crippen molar-refractivity contribution in [2.24, 2.45) is 0 Å². The molecule has 21 heavy (non-hydrogen) atoms. The SMILES string of the molecule is C[C@@H](CCc1ccccc1)NS(=O)(=O)c1ccccc1Cl. The summed E-state index contributed by atoms with van der Waals surface area (Å²) in [6, 6.07) is 16.3. The molecule has 0 unspecified atom stereocenters. The summed E-state index contributed by atoms with van der Waals surface area (Å²) >= 11 is 5.95. The summed E-state index contributed by atoms with van der Waals surface area (Å²) in [6.45, 7) is 1.86. The summed E-state index contributed by atoms with van der Waals surface area (Å²) in [6.07, 6.45) is 1.56. The molecule has 3 nitrogen and oxygen atoms in total. The molecule has 2 rings (SSSR count). The van der Waals surface area contributed by atoms with Crippen LogP contribution in [0.3, 0.4) is 0 Å². The third-order valence-electron chi connectivity index (χ3n) is 3.19. The lowest BCUT2D eigenvalue weighted by Gasteiger charge is -2.15. The number of nitrogens with one attached hydrogen (secondary N) is 1. The van der Waals surface area contributed by atoms with Crippen molar-refractivity contribution >= 4 is 21.6 Å². The Bertz CT molecular complexity index is 686. The van der Waals surface area contributed by atoms with Gasteiger partial charge in [-0.15, -0.1) is 0 Å². The van der Waals surface area contributed by atoms with Crippen LogP contribution in [0.4, 0.5) is 0 Å². The molecule has 0 saturated carbocycles. The molecule has 5 heteroatoms. The molecule has 0 amide bonds. The highest BCUT2D eigenvalue weighted by molar-refractivity contribution is 7.89. The molecular weight excluding hydrogens is 306 g/mol. The molecule has 1 atom stereocenters. The van der Waals surface area contributed by atoms with Crippen molar-refractivity contribution < 1.29 is 8.42 Å². The van der Waals surface area contributed by atoms with E-state index >= 15 is 0 Å². The molecule has 1 N–H and O–H groups in total. The van der Waals surface area contributed by atoms with Gasteiger partial charge in [0, 0.05) is 6.04 Å². The summed E-state index contributed by atoms with van der Waals surface area (Å²) in [4.78, 5) is 0.123. The minimum atomic E-state index is -3.58. The zero-order chi connectivity index (χ0) is 15.3. The van der Waals surface area contributed by atoms with Crippen LogP contribution in [0, 0.1) is 0 Å². The van der Waals surface area contributed by atoms with E-state index in [1.165, 1.54) is 11.6 Å². The Labute approximate surface area is 131 Å². The van der Waals surface area contributed by atoms with Crippen molar-refractivity contribution in [3.63, 3.8) is 0 Å². The van der Waals surface area contributed by atoms with Gasteiger partial charge in [-0.3, -0.25) is 0 Å². The summed E-state index contributed by atoms with van der Waals surface area (Å²) in [5.74, 6) is 0. The Morgan fingerprint density at radius 2 is 1.67 bits per heavy atom. The van der Waals surface area contributed by atoms with Crippen molar-refractivity contribution in [3.05, 3.63) is 65.2 Å². The molecule has 2 aromatic carbocycles. The second kappa shape index (κ2) is 7.07. The van der Waals surface area contributed by atoms with Gasteiger partial charge in [0.25, 0.3) is 0 Å². The van der Waals surface area contributed by atoms with Crippen LogP contribution in [0.25, 0.3) is 0 Å². The van der Waals surface area contributed by atoms with Gasteiger partial charge >= 0.3 is 0 Å². The van der Waals surface area contributed by atoms with Crippen LogP contribution < -0.4 is 4.72 Å². The highest BCUT2D eigenvalue weighted by Crippen LogP contribution is 2.20. The fraction of sp³-hybridized carbons (Fsp3) is 0.250. The number of halogens is 1. The first-order valence-electron chi connectivity index (χ1n) is 6.80. The summed E-state index contributed by atoms with van der Waals surface area (Å²) in [5.41, 5.74) is 1.20. The Morgan fingerprint density at radius 1 is 1.05 bits per heavy atom. The molecule has 0 saturated heterocycles. The zero-order valence-electron chi connectivity index (χ0n) is 11.8. The van der Waals surface area contributed by atoms with E-state index in [0.717, 1.165) is 12.8 Å². The average molecular weight is 324 g/mol. The van der Waals surface area contributed by atoms with Gasteiger partial charge in [0.1, 0.15) is 4.90 Å². The first-order chi connectivity index (χ1) is 9.99. The first-order valence-corrected chi connectivity index (χ1v) is 8.66. The summed E-state index contributed by atoms with van der Waals surface area (Å²) in [7, 11) is -3.58. The Morgan fingerprint density at radius 3 is 2.33 bits per heavy atom. The molecular formula is C16H18ClNO2S. The molecule has 0 aromatic heterocycles. The van der Waals surface area contributed by atoms with Gasteiger partial charge in [-0.25, -0.2) is 13.1 Å². The van der Waals surface area contributed by atoms with Crippen LogP contribution >= 0.6 is 11.6 Å². The highest BCUT2D eigenvalue weighted by atomic mass is 35.5. The van der Waals surface area contributed by atoms with E-state index in [2.05, 4.69) is 4.72 Å². The van der Waals surface area contributed by atoms with E-state index in [1.807, 2.05) is 37.3 Å². The average Bonchev–Trinajstić information content (AvgIpc) is 2.46. The van der Waals surface area contributed by atoms with Gasteiger partial charge in [0.05, 0.1) is 5.02 Å². The van der Waals surface area contributed by atoms with E-state index in [9.17, 15) is 8.42 Å². The Hall–Kier alpha value is -1.36. The Kier molecular flexibility index (Phi) is 5.39. The van der Waals surface area contributed by atoms with Crippen molar-refractivity contribution in [3.8, 4) is 0 Å². The fourth-order valence-electron chi connectivity index (χ4n) is 2.08. The molecule has 0 aliphatic carbocycles. The predicted molar refractivity (Wildman–Crippen MR) is 86.0 cm³/mol. The third kappa shape index (κ3) is 4.56. The maximum atomic E-state index is 12.3. The zero-order valence-corrected chi connectivity index (χ0v) is 13.4. The topological polar surface area (TPSA) is 46.2 Å². The van der Waals surface area contributed by atoms with Crippen LogP contribution in [0.1, 0.15) is 18.9 Å². The minimum Gasteiger partial charge on any atom is -0.208 e. The lowest BCUT2D eigenvalue weighted by molar-refractivity contribution is 0.547. The third-order valence-corrected chi connectivity index (χ3v) is 5.28. The van der Waals surface area contributed by atoms with Crippen molar-refractivity contribution in [1.82, 2.24) is 4.72 Å². The number of hydrogen-bond donors (Lipinski definition) is 1. The maximum Gasteiger partial charge on any atom is 0.242 e. The van der Waals surface area contributed by atoms with Gasteiger partial charge in [-0.1, -0.05) is 54.1 Å². The van der Waals surface area contributed by atoms with Crippen molar-refractivity contribution in [1.29, 1.82) is 0 Å². The van der Waals surface area contributed by atoms with E-state index in [4.69, 9.17) is 11.6 Å². The molecule has 2 aromatic rings. The van der Waals surface area contributed by atoms with Gasteiger partial charge in [-0.2, -0.15) is 0 Å². The van der Waals surface area contributed by atoms with Crippen LogP contribution in [-0.2, 0) is 16.4 Å². The normalized spacial score (nSPS) is 13.0. The standard InChI is InChI=1S/C16H18ClNO2S/c1-13(11-12-14-7-3-2-4-8-14)18-21(19,20)16-10-6-5-9-15(16)17/h2-10,13,18H,11-12H2,1H3/t13-/m0/s1. The van der Waals surface area contributed by atoms with Crippen LogP contribution in [0.5, 0.6) is 0 Å². The van der Waals surface area contributed by atoms with Crippen LogP contribution in [0.2, 0.25) is 5.02 Å². The van der Waals surface area contributed by atoms with Crippen molar-refractivity contribution in [2.75, 3.05) is 0 Å². The van der Waals surface area contributed by atoms with Gasteiger partial charge in [0.2, 0.25) is 10.0 Å². The molecule has 0 spiro atoms. The van der Waals surface area contributed by atoms with Gasteiger partial charge in [-0.05, 0) is 37.5 Å². The maximum absolute atomic E-state index is 12.3. The number of sulfonamides is 1. The molecule has 0 aliphatic heterocycles.